The van der Waals surface area contributed by atoms with Gasteiger partial charge in [-0.05, 0) is 146 Å². The predicted molar refractivity (Wildman–Crippen MR) is 309 cm³/mol. The van der Waals surface area contributed by atoms with Gasteiger partial charge < -0.3 is 14.7 Å². The maximum atomic E-state index is 2.66. The van der Waals surface area contributed by atoms with Gasteiger partial charge in [0.05, 0.1) is 22.7 Å². The number of hydrogen-bond donors (Lipinski definition) is 0. The van der Waals surface area contributed by atoms with Crippen molar-refractivity contribution < 1.29 is 0 Å². The minimum absolute atomic E-state index is 0.00622. The van der Waals surface area contributed by atoms with Crippen LogP contribution in [0.3, 0.4) is 0 Å². The third-order valence-corrected chi connectivity index (χ3v) is 16.9. The molecule has 0 atom stereocenters. The Morgan fingerprint density at radius 3 is 1.66 bits per heavy atom. The Bertz CT molecular complexity index is 3580. The summed E-state index contributed by atoms with van der Waals surface area (Å²) in [5.41, 5.74) is 23.7. The lowest BCUT2D eigenvalue weighted by atomic mass is 9.36. The molecule has 0 aliphatic carbocycles. The number of nitrogens with zero attached hydrogens (tertiary/aromatic N) is 3. The van der Waals surface area contributed by atoms with Gasteiger partial charge in [-0.3, -0.25) is 0 Å². The number of hydrogen-bond acceptors (Lipinski definition) is 4. The van der Waals surface area contributed by atoms with Crippen LogP contribution in [-0.4, -0.2) is 6.71 Å². The van der Waals surface area contributed by atoms with Crippen LogP contribution in [0.15, 0.2) is 170 Å². The first-order chi connectivity index (χ1) is 33.8. The number of para-hydroxylation sites is 3. The number of thiophene rings is 1. The van der Waals surface area contributed by atoms with E-state index in [2.05, 4.69) is 268 Å². The molecule has 0 saturated carbocycles. The molecule has 0 N–H and O–H groups in total. The molecule has 3 aliphatic heterocycles. The number of rotatable bonds is 4. The fraction of sp³-hybridized carbons (Fsp3) is 0.242. The largest absolute Gasteiger partial charge is 0.311 e. The minimum atomic E-state index is -0.295. The molecular formula is C66H64BN3S. The molecule has 352 valence electrons. The zero-order valence-corrected chi connectivity index (χ0v) is 44.3. The first-order valence-electron chi connectivity index (χ1n) is 25.5. The Kier molecular flexibility index (Phi) is 10.1. The molecule has 8 aromatic carbocycles. The summed E-state index contributed by atoms with van der Waals surface area (Å²) in [4.78, 5) is 7.79. The third-order valence-electron chi connectivity index (χ3n) is 15.7. The lowest BCUT2D eigenvalue weighted by Crippen LogP contribution is -2.60. The fourth-order valence-corrected chi connectivity index (χ4v) is 13.1. The van der Waals surface area contributed by atoms with Crippen molar-refractivity contribution in [3.63, 3.8) is 0 Å². The summed E-state index contributed by atoms with van der Waals surface area (Å²) < 4.78 is 2.71. The van der Waals surface area contributed by atoms with Crippen LogP contribution in [0.5, 0.6) is 0 Å². The molecule has 1 aromatic heterocycles. The zero-order chi connectivity index (χ0) is 49.5. The standard InChI is InChI=1S/C66H64BN3S/c1-41-35-57-60-58(36-41)70(53-33-31-44(64(5,6)7)37-48(53)42-27-29-43(30-28-42)63(2,3)4)56-40-55-51(66(11,12)50-25-19-20-26-54(50)68(55)46-21-15-13-16-22-46)39-52(56)67(60)62-61(69(57)47-23-17-14-18-24-47)49-38-45(65(8,9)10)32-34-59(49)71-62/h13-40H,1-12H3. The summed E-state index contributed by atoms with van der Waals surface area (Å²) in [6.45, 7) is 28.1. The molecule has 3 aliphatic rings. The normalized spacial score (nSPS) is 14.8. The van der Waals surface area contributed by atoms with Gasteiger partial charge in [0, 0.05) is 54.3 Å². The molecule has 0 bridgehead atoms. The molecule has 4 heterocycles. The summed E-state index contributed by atoms with van der Waals surface area (Å²) in [6.07, 6.45) is 0. The Balaban J connectivity index is 1.23. The highest BCUT2D eigenvalue weighted by Gasteiger charge is 2.48. The maximum Gasteiger partial charge on any atom is 0.264 e. The van der Waals surface area contributed by atoms with Crippen molar-refractivity contribution in [2.45, 2.75) is 105 Å². The van der Waals surface area contributed by atoms with E-state index in [1.54, 1.807) is 0 Å². The van der Waals surface area contributed by atoms with E-state index in [1.165, 1.54) is 116 Å². The molecule has 71 heavy (non-hydrogen) atoms. The number of fused-ring (bicyclic) bond motifs is 8. The fourth-order valence-electron chi connectivity index (χ4n) is 11.8. The highest BCUT2D eigenvalue weighted by molar-refractivity contribution is 7.33. The van der Waals surface area contributed by atoms with Crippen LogP contribution < -0.4 is 30.4 Å². The SMILES string of the molecule is Cc1cc2c3c(c1)N(c1ccccc1)c1c(sc4ccc(C(C)(C)C)cc14)B3c1cc3c(cc1N2c1ccc(C(C)(C)C)cc1-c1ccc(C(C)(C)C)cc1)N(c1ccccc1)c1ccccc1C3(C)C. The first-order valence-corrected chi connectivity index (χ1v) is 26.4. The summed E-state index contributed by atoms with van der Waals surface area (Å²) in [7, 11) is 0. The Morgan fingerprint density at radius 2 is 1.01 bits per heavy atom. The lowest BCUT2D eigenvalue weighted by Gasteiger charge is -2.47. The summed E-state index contributed by atoms with van der Waals surface area (Å²) >= 11 is 1.98. The summed E-state index contributed by atoms with van der Waals surface area (Å²) in [5.74, 6) is 0. The van der Waals surface area contributed by atoms with Gasteiger partial charge in [0.2, 0.25) is 0 Å². The minimum Gasteiger partial charge on any atom is -0.311 e. The monoisotopic (exact) mass is 941 g/mol. The van der Waals surface area contributed by atoms with E-state index in [0.29, 0.717) is 0 Å². The Labute approximate surface area is 426 Å². The highest BCUT2D eigenvalue weighted by atomic mass is 32.1. The molecule has 0 radical (unpaired) electrons. The van der Waals surface area contributed by atoms with Crippen molar-refractivity contribution in [1.29, 1.82) is 0 Å². The molecule has 3 nitrogen and oxygen atoms in total. The van der Waals surface area contributed by atoms with Crippen LogP contribution in [0.4, 0.5) is 51.2 Å². The predicted octanol–water partition coefficient (Wildman–Crippen LogP) is 17.0. The first kappa shape index (κ1) is 45.3. The van der Waals surface area contributed by atoms with Crippen LogP contribution in [0.2, 0.25) is 0 Å². The van der Waals surface area contributed by atoms with Gasteiger partial charge in [0.25, 0.3) is 6.71 Å². The van der Waals surface area contributed by atoms with E-state index in [9.17, 15) is 0 Å². The highest BCUT2D eigenvalue weighted by Crippen LogP contribution is 2.56. The molecule has 5 heteroatoms. The molecular weight excluding hydrogens is 878 g/mol. The average Bonchev–Trinajstić information content (AvgIpc) is 3.72. The smallest absolute Gasteiger partial charge is 0.264 e. The zero-order valence-electron chi connectivity index (χ0n) is 43.5. The van der Waals surface area contributed by atoms with E-state index in [-0.39, 0.29) is 28.4 Å². The Morgan fingerprint density at radius 1 is 0.451 bits per heavy atom. The number of aryl methyl sites for hydroxylation is 1. The maximum absolute atomic E-state index is 2.66. The van der Waals surface area contributed by atoms with Crippen molar-refractivity contribution in [1.82, 2.24) is 0 Å². The van der Waals surface area contributed by atoms with Crippen molar-refractivity contribution in [2.24, 2.45) is 0 Å². The van der Waals surface area contributed by atoms with Gasteiger partial charge in [-0.15, -0.1) is 11.3 Å². The van der Waals surface area contributed by atoms with Gasteiger partial charge >= 0.3 is 0 Å². The van der Waals surface area contributed by atoms with Gasteiger partial charge in [-0.25, -0.2) is 0 Å². The summed E-state index contributed by atoms with van der Waals surface area (Å²) in [5, 5.41) is 1.32. The van der Waals surface area contributed by atoms with E-state index in [1.807, 2.05) is 11.3 Å². The second-order valence-electron chi connectivity index (χ2n) is 24.0. The number of anilines is 9. The van der Waals surface area contributed by atoms with Crippen molar-refractivity contribution in [3.8, 4) is 11.1 Å². The van der Waals surface area contributed by atoms with Gasteiger partial charge in [0.1, 0.15) is 0 Å². The topological polar surface area (TPSA) is 9.72 Å². The number of benzene rings is 8. The third kappa shape index (κ3) is 7.13. The molecule has 0 spiro atoms. The van der Waals surface area contributed by atoms with E-state index in [0.717, 1.165) is 5.69 Å². The van der Waals surface area contributed by atoms with Crippen LogP contribution in [-0.2, 0) is 21.7 Å². The second kappa shape index (κ2) is 15.8. The Hall–Kier alpha value is -6.82. The molecule has 0 fully saturated rings. The molecule has 0 saturated heterocycles. The van der Waals surface area contributed by atoms with Crippen molar-refractivity contribution in [2.75, 3.05) is 14.7 Å². The van der Waals surface area contributed by atoms with Crippen molar-refractivity contribution in [3.05, 3.63) is 203 Å². The van der Waals surface area contributed by atoms with E-state index >= 15 is 0 Å². The van der Waals surface area contributed by atoms with Crippen LogP contribution in [0.25, 0.3) is 21.2 Å². The van der Waals surface area contributed by atoms with Crippen LogP contribution in [0, 0.1) is 6.92 Å². The van der Waals surface area contributed by atoms with Crippen LogP contribution in [0.1, 0.15) is 110 Å². The van der Waals surface area contributed by atoms with Gasteiger partial charge in [-0.1, -0.05) is 173 Å². The average molecular weight is 942 g/mol. The summed E-state index contributed by atoms with van der Waals surface area (Å²) in [6, 6.07) is 65.3. The van der Waals surface area contributed by atoms with Crippen LogP contribution >= 0.6 is 11.3 Å². The van der Waals surface area contributed by atoms with Gasteiger partial charge in [0.15, 0.2) is 0 Å². The molecule has 9 aromatic rings. The van der Waals surface area contributed by atoms with E-state index < -0.39 is 0 Å². The van der Waals surface area contributed by atoms with E-state index in [4.69, 9.17) is 0 Å². The molecule has 12 rings (SSSR count). The van der Waals surface area contributed by atoms with Crippen molar-refractivity contribution >= 4 is 95.0 Å². The van der Waals surface area contributed by atoms with Gasteiger partial charge in [-0.2, -0.15) is 0 Å². The second-order valence-corrected chi connectivity index (χ2v) is 25.1. The molecule has 0 amide bonds. The quantitative estimate of drug-likeness (QED) is 0.163. The molecule has 0 unspecified atom stereocenters. The lowest BCUT2D eigenvalue weighted by molar-refractivity contribution is 0.590.